The van der Waals surface area contributed by atoms with Crippen LogP contribution in [0.3, 0.4) is 0 Å². The van der Waals surface area contributed by atoms with Gasteiger partial charge in [0.1, 0.15) is 0 Å². The molecule has 1 atom stereocenters. The van der Waals surface area contributed by atoms with E-state index in [-0.39, 0.29) is 11.3 Å². The summed E-state index contributed by atoms with van der Waals surface area (Å²) in [6.45, 7) is 3.24. The number of carbonyl (C=O) groups excluding carboxylic acids is 1. The molecule has 0 bridgehead atoms. The second-order valence-electron chi connectivity index (χ2n) is 7.88. The van der Waals surface area contributed by atoms with E-state index in [1.165, 1.54) is 5.56 Å². The van der Waals surface area contributed by atoms with Crippen LogP contribution in [0.1, 0.15) is 46.8 Å². The van der Waals surface area contributed by atoms with Gasteiger partial charge in [0.25, 0.3) is 5.91 Å². The highest BCUT2D eigenvalue weighted by molar-refractivity contribution is 5.91. The highest BCUT2D eigenvalue weighted by atomic mass is 16.5. The van der Waals surface area contributed by atoms with Crippen molar-refractivity contribution in [2.75, 3.05) is 13.1 Å². The predicted molar refractivity (Wildman–Crippen MR) is 104 cm³/mol. The van der Waals surface area contributed by atoms with Gasteiger partial charge in [-0.2, -0.15) is 0 Å². The molecule has 1 aromatic carbocycles. The summed E-state index contributed by atoms with van der Waals surface area (Å²) in [7, 11) is 0. The molecule has 142 valence electrons. The molecule has 1 saturated heterocycles. The van der Waals surface area contributed by atoms with Gasteiger partial charge in [0, 0.05) is 36.3 Å². The van der Waals surface area contributed by atoms with Crippen LogP contribution in [0.2, 0.25) is 0 Å². The molecule has 0 saturated carbocycles. The number of rotatable bonds is 2. The van der Waals surface area contributed by atoms with E-state index < -0.39 is 0 Å². The fraction of sp³-hybridized carbons (Fsp3) is 0.364. The zero-order valence-electron chi connectivity index (χ0n) is 15.9. The first-order chi connectivity index (χ1) is 13.6. The summed E-state index contributed by atoms with van der Waals surface area (Å²) in [6, 6.07) is 11.8. The minimum Gasteiger partial charge on any atom is -0.351 e. The summed E-state index contributed by atoms with van der Waals surface area (Å²) in [4.78, 5) is 24.4. The molecule has 3 aromatic rings. The van der Waals surface area contributed by atoms with Crippen LogP contribution in [0.25, 0.3) is 11.4 Å². The molecule has 5 rings (SSSR count). The molecule has 6 nitrogen and oxygen atoms in total. The highest BCUT2D eigenvalue weighted by Crippen LogP contribution is 2.44. The van der Waals surface area contributed by atoms with Crippen molar-refractivity contribution in [3.05, 3.63) is 65.3 Å². The van der Waals surface area contributed by atoms with Crippen molar-refractivity contribution in [2.24, 2.45) is 0 Å². The maximum Gasteiger partial charge on any atom is 0.292 e. The van der Waals surface area contributed by atoms with E-state index in [0.717, 1.165) is 55.0 Å². The molecule has 2 aliphatic rings. The molecular formula is C22H22N4O2. The normalized spacial score (nSPS) is 21.1. The molecule has 1 aliphatic heterocycles. The minimum absolute atomic E-state index is 0.0783. The Hall–Kier alpha value is -3.02. The summed E-state index contributed by atoms with van der Waals surface area (Å²) >= 11 is 0. The standard InChI is InChI=1S/C22H22N4O2/c1-15-12-18(28-25-15)21(27)26-11-5-9-22(14-26)10-8-17-13-23-20(24-19(17)22)16-6-3-2-4-7-16/h2-4,6-7,12-13H,5,8-11,14H2,1H3. The quantitative estimate of drug-likeness (QED) is 0.686. The van der Waals surface area contributed by atoms with Crippen molar-refractivity contribution in [3.8, 4) is 11.4 Å². The Morgan fingerprint density at radius 1 is 1.21 bits per heavy atom. The zero-order valence-corrected chi connectivity index (χ0v) is 15.9. The molecule has 3 heterocycles. The van der Waals surface area contributed by atoms with Gasteiger partial charge >= 0.3 is 0 Å². The third-order valence-electron chi connectivity index (χ3n) is 5.97. The fourth-order valence-electron chi connectivity index (χ4n) is 4.59. The minimum atomic E-state index is -0.0925. The van der Waals surface area contributed by atoms with E-state index >= 15 is 0 Å². The van der Waals surface area contributed by atoms with Crippen LogP contribution in [-0.2, 0) is 11.8 Å². The van der Waals surface area contributed by atoms with Gasteiger partial charge in [0.2, 0.25) is 5.76 Å². The molecule has 1 aliphatic carbocycles. The Kier molecular flexibility index (Phi) is 4.00. The zero-order chi connectivity index (χ0) is 19.1. The van der Waals surface area contributed by atoms with E-state index in [9.17, 15) is 4.79 Å². The van der Waals surface area contributed by atoms with Gasteiger partial charge in [-0.15, -0.1) is 0 Å². The fourth-order valence-corrected chi connectivity index (χ4v) is 4.59. The predicted octanol–water partition coefficient (Wildman–Crippen LogP) is 3.56. The van der Waals surface area contributed by atoms with Crippen molar-refractivity contribution in [2.45, 2.75) is 38.0 Å². The van der Waals surface area contributed by atoms with Crippen molar-refractivity contribution in [1.82, 2.24) is 20.0 Å². The van der Waals surface area contributed by atoms with E-state index in [1.54, 1.807) is 6.07 Å². The highest BCUT2D eigenvalue weighted by Gasteiger charge is 2.45. The average Bonchev–Trinajstić information content (AvgIpc) is 3.32. The molecule has 0 radical (unpaired) electrons. The number of piperidine rings is 1. The molecule has 1 amide bonds. The van der Waals surface area contributed by atoms with Crippen LogP contribution in [0, 0.1) is 6.92 Å². The van der Waals surface area contributed by atoms with Crippen molar-refractivity contribution >= 4 is 5.91 Å². The molecule has 28 heavy (non-hydrogen) atoms. The van der Waals surface area contributed by atoms with Crippen LogP contribution in [0.4, 0.5) is 0 Å². The Balaban J connectivity index is 1.47. The van der Waals surface area contributed by atoms with Crippen molar-refractivity contribution < 1.29 is 9.32 Å². The van der Waals surface area contributed by atoms with Crippen LogP contribution in [0.5, 0.6) is 0 Å². The number of hydrogen-bond acceptors (Lipinski definition) is 5. The summed E-state index contributed by atoms with van der Waals surface area (Å²) in [5, 5.41) is 3.86. The van der Waals surface area contributed by atoms with Gasteiger partial charge in [-0.05, 0) is 38.2 Å². The van der Waals surface area contributed by atoms with Crippen LogP contribution >= 0.6 is 0 Å². The van der Waals surface area contributed by atoms with Gasteiger partial charge in [-0.3, -0.25) is 4.79 Å². The summed E-state index contributed by atoms with van der Waals surface area (Å²) < 4.78 is 5.21. The number of amides is 1. The number of benzene rings is 1. The lowest BCUT2D eigenvalue weighted by atomic mass is 9.77. The maximum atomic E-state index is 12.9. The van der Waals surface area contributed by atoms with Crippen molar-refractivity contribution in [3.63, 3.8) is 0 Å². The Bertz CT molecular complexity index is 1030. The number of aryl methyl sites for hydroxylation is 2. The SMILES string of the molecule is Cc1cc(C(=O)N2CCCC3(CCc4cnc(-c5ccccc5)nc43)C2)on1. The monoisotopic (exact) mass is 374 g/mol. The number of aromatic nitrogens is 3. The van der Waals surface area contributed by atoms with Gasteiger partial charge in [0.15, 0.2) is 5.82 Å². The van der Waals surface area contributed by atoms with Crippen LogP contribution in [-0.4, -0.2) is 39.0 Å². The first kappa shape index (κ1) is 17.1. The largest absolute Gasteiger partial charge is 0.351 e. The van der Waals surface area contributed by atoms with Gasteiger partial charge < -0.3 is 9.42 Å². The Morgan fingerprint density at radius 3 is 2.86 bits per heavy atom. The average molecular weight is 374 g/mol. The van der Waals surface area contributed by atoms with E-state index in [4.69, 9.17) is 9.51 Å². The molecule has 1 unspecified atom stereocenters. The van der Waals surface area contributed by atoms with Crippen LogP contribution < -0.4 is 0 Å². The third kappa shape index (κ3) is 2.80. The lowest BCUT2D eigenvalue weighted by Crippen LogP contribution is -2.47. The summed E-state index contributed by atoms with van der Waals surface area (Å²) in [5.74, 6) is 1.00. The molecular weight excluding hydrogens is 352 g/mol. The summed E-state index contributed by atoms with van der Waals surface area (Å²) in [5.41, 5.74) is 3.98. The topological polar surface area (TPSA) is 72.1 Å². The molecule has 0 N–H and O–H groups in total. The summed E-state index contributed by atoms with van der Waals surface area (Å²) in [6.07, 6.45) is 5.95. The molecule has 2 aromatic heterocycles. The lowest BCUT2D eigenvalue weighted by Gasteiger charge is -2.40. The van der Waals surface area contributed by atoms with Gasteiger partial charge in [-0.1, -0.05) is 35.5 Å². The van der Waals surface area contributed by atoms with E-state index in [1.807, 2.05) is 48.4 Å². The lowest BCUT2D eigenvalue weighted by molar-refractivity contribution is 0.0592. The van der Waals surface area contributed by atoms with Crippen LogP contribution in [0.15, 0.2) is 47.1 Å². The molecule has 1 spiro atoms. The first-order valence-corrected chi connectivity index (χ1v) is 9.79. The molecule has 1 fully saturated rings. The second-order valence-corrected chi connectivity index (χ2v) is 7.88. The smallest absolute Gasteiger partial charge is 0.292 e. The number of nitrogens with zero attached hydrogens (tertiary/aromatic N) is 4. The Labute approximate surface area is 163 Å². The first-order valence-electron chi connectivity index (χ1n) is 9.79. The number of likely N-dealkylation sites (tertiary alicyclic amines) is 1. The van der Waals surface area contributed by atoms with E-state index in [2.05, 4.69) is 10.1 Å². The molecule has 6 heteroatoms. The number of fused-ring (bicyclic) bond motifs is 2. The maximum absolute atomic E-state index is 12.9. The second kappa shape index (κ2) is 6.55. The Morgan fingerprint density at radius 2 is 2.07 bits per heavy atom. The van der Waals surface area contributed by atoms with E-state index in [0.29, 0.717) is 12.3 Å². The van der Waals surface area contributed by atoms with Gasteiger partial charge in [-0.25, -0.2) is 9.97 Å². The third-order valence-corrected chi connectivity index (χ3v) is 5.97. The number of carbonyl (C=O) groups is 1. The van der Waals surface area contributed by atoms with Crippen molar-refractivity contribution in [1.29, 1.82) is 0 Å². The number of hydrogen-bond donors (Lipinski definition) is 0. The van der Waals surface area contributed by atoms with Gasteiger partial charge in [0.05, 0.1) is 11.4 Å².